The van der Waals surface area contributed by atoms with Crippen LogP contribution in [-0.2, 0) is 62.3 Å². The molecule has 0 aromatic rings. The van der Waals surface area contributed by atoms with Gasteiger partial charge < -0.3 is 70.9 Å². The number of piperidine rings is 1. The van der Waals surface area contributed by atoms with E-state index in [1.54, 1.807) is 18.7 Å². The molecule has 2 saturated heterocycles. The summed E-state index contributed by atoms with van der Waals surface area (Å²) < 4.78 is 0. The Hall–Kier alpha value is -6.93. The van der Waals surface area contributed by atoms with Crippen molar-refractivity contribution in [2.75, 3.05) is 75.5 Å². The largest absolute Gasteiger partial charge is 0.391 e. The van der Waals surface area contributed by atoms with E-state index in [0.717, 1.165) is 70.6 Å². The zero-order valence-electron chi connectivity index (χ0n) is 67.5. The Morgan fingerprint density at radius 3 is 1.41 bits per heavy atom. The van der Waals surface area contributed by atoms with E-state index in [1.165, 1.54) is 90.6 Å². The molecule has 2 aliphatic heterocycles. The van der Waals surface area contributed by atoms with Crippen molar-refractivity contribution in [2.45, 2.75) is 304 Å². The van der Waals surface area contributed by atoms with Gasteiger partial charge in [0.25, 0.3) is 0 Å². The summed E-state index contributed by atoms with van der Waals surface area (Å²) in [6.07, 6.45) is 9.91. The average Bonchev–Trinajstić information content (AvgIpc) is 0.813. The van der Waals surface area contributed by atoms with Crippen LogP contribution in [0.25, 0.3) is 0 Å². The molecule has 2 saturated carbocycles. The van der Waals surface area contributed by atoms with E-state index in [1.807, 2.05) is 62.3 Å². The number of amides is 13. The number of nitrogens with one attached hydrogen (secondary N) is 5. The zero-order chi connectivity index (χ0) is 78.9. The van der Waals surface area contributed by atoms with Gasteiger partial charge in [0.15, 0.2) is 0 Å². The second-order valence-corrected chi connectivity index (χ2v) is 32.7. The van der Waals surface area contributed by atoms with E-state index in [2.05, 4.69) is 26.6 Å². The molecule has 4 aliphatic rings. The minimum Gasteiger partial charge on any atom is -0.391 e. The molecule has 105 heavy (non-hydrogen) atoms. The first-order valence-corrected chi connectivity index (χ1v) is 39.7. The molecule has 4 rings (SSSR count). The van der Waals surface area contributed by atoms with Crippen molar-refractivity contribution in [3.8, 4) is 0 Å². The van der Waals surface area contributed by atoms with Gasteiger partial charge in [-0.1, -0.05) is 147 Å². The third-order valence-electron chi connectivity index (χ3n) is 22.2. The van der Waals surface area contributed by atoms with Crippen LogP contribution in [0.1, 0.15) is 237 Å². The van der Waals surface area contributed by atoms with E-state index < -0.39 is 162 Å². The maximum Gasteiger partial charge on any atom is 0.248 e. The fourth-order valence-electron chi connectivity index (χ4n) is 15.6. The van der Waals surface area contributed by atoms with Crippen molar-refractivity contribution in [1.82, 2.24) is 65.8 Å². The fraction of sp³-hybridized carbons (Fsp3) is 0.833. The van der Waals surface area contributed by atoms with Crippen LogP contribution in [0.3, 0.4) is 0 Å². The molecule has 12 atom stereocenters. The van der Waals surface area contributed by atoms with Gasteiger partial charge in [-0.2, -0.15) is 0 Å². The number of hydrogen-bond donors (Lipinski definition) is 6. The maximum absolute atomic E-state index is 15.7. The van der Waals surface area contributed by atoms with Crippen molar-refractivity contribution in [1.29, 1.82) is 0 Å². The Morgan fingerprint density at radius 2 is 0.914 bits per heavy atom. The Labute approximate surface area is 628 Å². The highest BCUT2D eigenvalue weighted by molar-refractivity contribution is 6.00. The molecule has 0 radical (unpaired) electrons. The maximum atomic E-state index is 15.7. The first kappa shape index (κ1) is 90.5. The Morgan fingerprint density at radius 1 is 0.476 bits per heavy atom. The van der Waals surface area contributed by atoms with Gasteiger partial charge in [0.1, 0.15) is 60.4 Å². The first-order valence-electron chi connectivity index (χ1n) is 39.7. The van der Waals surface area contributed by atoms with Crippen molar-refractivity contribution < 1.29 is 67.4 Å². The van der Waals surface area contributed by atoms with Crippen molar-refractivity contribution in [3.63, 3.8) is 0 Å². The minimum atomic E-state index is -1.64. The number of hydrogen-bond acceptors (Lipinski definition) is 14. The zero-order valence-corrected chi connectivity index (χ0v) is 67.5. The molecule has 13 amide bonds. The summed E-state index contributed by atoms with van der Waals surface area (Å²) in [4.78, 5) is 207. The summed E-state index contributed by atoms with van der Waals surface area (Å²) in [5, 5.41) is 25.7. The number of aliphatic hydroxyl groups is 1. The number of carbonyl (C=O) groups excluding carboxylic acids is 13. The lowest BCUT2D eigenvalue weighted by Crippen LogP contribution is -2.63. The highest BCUT2D eigenvalue weighted by Gasteiger charge is 2.46. The van der Waals surface area contributed by atoms with Crippen LogP contribution in [0.2, 0.25) is 0 Å². The SMILES string of the molecule is CCCN1CC(=O)N(C)[C@@H](CC(C)C)C(=O)N[C@H](C(=O)N2CCCCC2)CC(=O)N(C)[C@@H](CC(C)C)C(=O)N[C@@H](CCC(=O)NC)C(=O)N(C)[C@@H](CC(C)C)C(=O)N(C)[C@@H](CC2CCCCC2)C(=O)N[C@@H](CC(C)C)C(=O)N(C)[C@@H](CC2CCCCC2)C(=O)N(C)[C@@H]([C@@H](C)CC)C(=O)N[C@@H]([C@@H](C)O)C1=O. The van der Waals surface area contributed by atoms with Gasteiger partial charge in [-0.15, -0.1) is 0 Å². The third kappa shape index (κ3) is 26.8. The third-order valence-corrected chi connectivity index (χ3v) is 22.2. The summed E-state index contributed by atoms with van der Waals surface area (Å²) in [6, 6.07) is -13.2. The van der Waals surface area contributed by atoms with Gasteiger partial charge in [-0.3, -0.25) is 62.3 Å². The van der Waals surface area contributed by atoms with Gasteiger partial charge in [-0.25, -0.2) is 0 Å². The fourth-order valence-corrected chi connectivity index (χ4v) is 15.6. The van der Waals surface area contributed by atoms with E-state index in [4.69, 9.17) is 0 Å². The van der Waals surface area contributed by atoms with Gasteiger partial charge in [0.2, 0.25) is 76.8 Å². The van der Waals surface area contributed by atoms with Gasteiger partial charge in [0.05, 0.1) is 19.1 Å². The topological polar surface area (TPSA) is 328 Å². The lowest BCUT2D eigenvalue weighted by Gasteiger charge is -2.40. The van der Waals surface area contributed by atoms with Crippen LogP contribution in [-0.4, -0.2) is 263 Å². The molecule has 27 heteroatoms. The van der Waals surface area contributed by atoms with E-state index >= 15 is 47.9 Å². The molecule has 2 aliphatic carbocycles. The average molecular weight is 1480 g/mol. The molecule has 6 N–H and O–H groups in total. The molecular weight excluding hydrogens is 1340 g/mol. The summed E-state index contributed by atoms with van der Waals surface area (Å²) in [6.45, 7) is 21.8. The van der Waals surface area contributed by atoms with E-state index in [9.17, 15) is 19.5 Å². The molecule has 2 heterocycles. The molecule has 0 spiro atoms. The van der Waals surface area contributed by atoms with E-state index in [-0.39, 0.29) is 93.4 Å². The second-order valence-electron chi connectivity index (χ2n) is 32.7. The summed E-state index contributed by atoms with van der Waals surface area (Å²) in [5.74, 6) is -9.97. The van der Waals surface area contributed by atoms with Gasteiger partial charge >= 0.3 is 0 Å². The van der Waals surface area contributed by atoms with Crippen LogP contribution in [0, 0.1) is 41.4 Å². The van der Waals surface area contributed by atoms with Crippen LogP contribution >= 0.6 is 0 Å². The normalized spacial score (nSPS) is 26.9. The molecular formula is C78H137N13O14. The lowest BCUT2D eigenvalue weighted by atomic mass is 9.83. The summed E-state index contributed by atoms with van der Waals surface area (Å²) in [7, 11) is 10.2. The number of nitrogens with zero attached hydrogens (tertiary/aromatic N) is 8. The van der Waals surface area contributed by atoms with Crippen molar-refractivity contribution in [3.05, 3.63) is 0 Å². The highest BCUT2D eigenvalue weighted by atomic mass is 16.3. The Bertz CT molecular complexity index is 2890. The Kier molecular flexibility index (Phi) is 37.7. The predicted molar refractivity (Wildman–Crippen MR) is 404 cm³/mol. The van der Waals surface area contributed by atoms with Crippen LogP contribution in [0.5, 0.6) is 0 Å². The summed E-state index contributed by atoms with van der Waals surface area (Å²) >= 11 is 0. The predicted octanol–water partition coefficient (Wildman–Crippen LogP) is 5.62. The van der Waals surface area contributed by atoms with Gasteiger partial charge in [0, 0.05) is 75.4 Å². The molecule has 0 aromatic heterocycles. The molecule has 0 bridgehead atoms. The minimum absolute atomic E-state index is 0.00885. The standard InChI is InChI=1S/C78H137N13O14/c1-20-37-91-47-66(95)85(15)60(42-50(7)8)70(97)82-58(75(102)90-38-29-24-30-39-90)46-65(94)84(14)59(41-49(5)6)69(96)80-56(35-36-64(93)79-13)73(100)87(17)62(43-51(9)10)76(103)86(16)61(44-54-31-25-22-26-32-54)71(98)81-57(40-48(3)4)74(101)88(18)63(45-55-33-27-23-28-34-55)77(104)89(19)68(52(11)21-2)72(99)83-67(53(12)92)78(91)105/h48-63,67-68,92H,20-47H2,1-19H3,(H,79,93)(H,80,96)(H,81,98)(H,82,97)(H,83,99)/t52-,53+,56-,57-,58-,59-,60-,61-,62-,63-,67-,68-/m0/s1. The quantitative estimate of drug-likeness (QED) is 0.0813. The first-order chi connectivity index (χ1) is 49.4. The lowest BCUT2D eigenvalue weighted by molar-refractivity contribution is -0.153. The Balaban J connectivity index is 2.04. The number of likely N-dealkylation sites (N-methyl/N-ethyl adjacent to an activating group) is 6. The van der Waals surface area contributed by atoms with Crippen molar-refractivity contribution >= 4 is 76.8 Å². The molecule has 4 fully saturated rings. The van der Waals surface area contributed by atoms with Crippen LogP contribution in [0.4, 0.5) is 0 Å². The summed E-state index contributed by atoms with van der Waals surface area (Å²) in [5.41, 5.74) is 0. The molecule has 27 nitrogen and oxygen atoms in total. The van der Waals surface area contributed by atoms with Crippen molar-refractivity contribution in [2.24, 2.45) is 41.4 Å². The van der Waals surface area contributed by atoms with Gasteiger partial charge in [-0.05, 0) is 119 Å². The van der Waals surface area contributed by atoms with Crippen LogP contribution < -0.4 is 26.6 Å². The molecule has 598 valence electrons. The molecule has 0 unspecified atom stereocenters. The smallest absolute Gasteiger partial charge is 0.248 e. The highest BCUT2D eigenvalue weighted by Crippen LogP contribution is 2.33. The number of likely N-dealkylation sites (tertiary alicyclic amines) is 1. The second kappa shape index (κ2) is 43.8. The number of rotatable bonds is 21. The van der Waals surface area contributed by atoms with Crippen LogP contribution in [0.15, 0.2) is 0 Å². The molecule has 0 aromatic carbocycles. The number of aliphatic hydroxyl groups excluding tert-OH is 1. The monoisotopic (exact) mass is 1480 g/mol. The van der Waals surface area contributed by atoms with E-state index in [0.29, 0.717) is 38.8 Å². The number of carbonyl (C=O) groups is 13.